The highest BCUT2D eigenvalue weighted by Crippen LogP contribution is 2.43. The van der Waals surface area contributed by atoms with Gasteiger partial charge in [0.05, 0.1) is 5.41 Å². The van der Waals surface area contributed by atoms with E-state index in [1.165, 1.54) is 16.7 Å². The second-order valence-electron chi connectivity index (χ2n) is 5.04. The van der Waals surface area contributed by atoms with E-state index in [4.69, 9.17) is 0 Å². The molecular formula is C14H17NO. The van der Waals surface area contributed by atoms with Crippen molar-refractivity contribution in [2.24, 2.45) is 0 Å². The van der Waals surface area contributed by atoms with Crippen molar-refractivity contribution < 1.29 is 4.79 Å². The molecule has 1 atom stereocenters. The number of rotatable bonds is 0. The van der Waals surface area contributed by atoms with Gasteiger partial charge in [-0.3, -0.25) is 4.79 Å². The number of carbonyl (C=O) groups is 1. The average molecular weight is 215 g/mol. The van der Waals surface area contributed by atoms with Crippen LogP contribution in [0.25, 0.3) is 0 Å². The highest BCUT2D eigenvalue weighted by Gasteiger charge is 2.46. The van der Waals surface area contributed by atoms with Crippen molar-refractivity contribution in [2.45, 2.75) is 38.0 Å². The number of carbonyl (C=O) groups excluding carboxylic acids is 1. The maximum Gasteiger partial charge on any atom is 0.230 e. The smallest absolute Gasteiger partial charge is 0.230 e. The van der Waals surface area contributed by atoms with Gasteiger partial charge in [-0.25, -0.2) is 0 Å². The normalized spacial score (nSPS) is 27.9. The van der Waals surface area contributed by atoms with E-state index in [1.54, 1.807) is 0 Å². The van der Waals surface area contributed by atoms with Crippen molar-refractivity contribution in [1.29, 1.82) is 0 Å². The summed E-state index contributed by atoms with van der Waals surface area (Å²) in [4.78, 5) is 12.1. The van der Waals surface area contributed by atoms with Crippen molar-refractivity contribution in [3.63, 3.8) is 0 Å². The van der Waals surface area contributed by atoms with Crippen LogP contribution in [0, 0.1) is 6.92 Å². The Labute approximate surface area is 96.1 Å². The van der Waals surface area contributed by atoms with Crippen LogP contribution in [-0.4, -0.2) is 12.5 Å². The molecule has 2 nitrogen and oxygen atoms in total. The minimum absolute atomic E-state index is 0.195. The third-order valence-corrected chi connectivity index (χ3v) is 4.23. The molecule has 0 bridgehead atoms. The number of nitrogens with one attached hydrogen (secondary N) is 1. The lowest BCUT2D eigenvalue weighted by Gasteiger charge is -2.34. The molecule has 0 aromatic heterocycles. The maximum absolute atomic E-state index is 12.1. The first-order chi connectivity index (χ1) is 7.74. The Bertz CT molecular complexity index is 452. The number of fused-ring (bicyclic) bond motifs is 2. The fourth-order valence-corrected chi connectivity index (χ4v) is 3.35. The molecule has 1 unspecified atom stereocenters. The van der Waals surface area contributed by atoms with Crippen LogP contribution in [0.2, 0.25) is 0 Å². The fraction of sp³-hybridized carbons (Fsp3) is 0.500. The summed E-state index contributed by atoms with van der Waals surface area (Å²) in [5.41, 5.74) is 3.87. The van der Waals surface area contributed by atoms with Gasteiger partial charge in [-0.2, -0.15) is 0 Å². The van der Waals surface area contributed by atoms with Gasteiger partial charge in [-0.05, 0) is 49.3 Å². The van der Waals surface area contributed by atoms with E-state index >= 15 is 0 Å². The van der Waals surface area contributed by atoms with Gasteiger partial charge in [0, 0.05) is 6.54 Å². The lowest BCUT2D eigenvalue weighted by molar-refractivity contribution is -0.124. The van der Waals surface area contributed by atoms with Crippen molar-refractivity contribution in [2.75, 3.05) is 6.54 Å². The summed E-state index contributed by atoms with van der Waals surface area (Å²) in [5.74, 6) is 0.249. The van der Waals surface area contributed by atoms with E-state index in [2.05, 4.69) is 30.4 Å². The Hall–Kier alpha value is -1.31. The van der Waals surface area contributed by atoms with Crippen LogP contribution in [0.4, 0.5) is 0 Å². The van der Waals surface area contributed by atoms with Crippen molar-refractivity contribution in [3.8, 4) is 0 Å². The Morgan fingerprint density at radius 2 is 2.19 bits per heavy atom. The molecule has 16 heavy (non-hydrogen) atoms. The van der Waals surface area contributed by atoms with E-state index in [1.807, 2.05) is 0 Å². The highest BCUT2D eigenvalue weighted by atomic mass is 16.2. The topological polar surface area (TPSA) is 29.1 Å². The molecule has 1 saturated heterocycles. The summed E-state index contributed by atoms with van der Waals surface area (Å²) in [6.45, 7) is 3.00. The van der Waals surface area contributed by atoms with Crippen LogP contribution in [0.5, 0.6) is 0 Å². The van der Waals surface area contributed by atoms with E-state index in [0.29, 0.717) is 0 Å². The third kappa shape index (κ3) is 1.16. The summed E-state index contributed by atoms with van der Waals surface area (Å²) in [6, 6.07) is 6.41. The van der Waals surface area contributed by atoms with E-state index < -0.39 is 0 Å². The predicted molar refractivity (Wildman–Crippen MR) is 63.4 cm³/mol. The highest BCUT2D eigenvalue weighted by molar-refractivity contribution is 5.91. The molecule has 1 aromatic carbocycles. The molecule has 1 N–H and O–H groups in total. The molecule has 1 heterocycles. The quantitative estimate of drug-likeness (QED) is 0.705. The molecule has 1 spiro atoms. The largest absolute Gasteiger partial charge is 0.355 e. The average Bonchev–Trinajstić information content (AvgIpc) is 2.63. The molecule has 0 radical (unpaired) electrons. The summed E-state index contributed by atoms with van der Waals surface area (Å²) in [6.07, 6.45) is 4.28. The minimum Gasteiger partial charge on any atom is -0.355 e. The second kappa shape index (κ2) is 3.34. The number of benzene rings is 1. The molecule has 2 heteroatoms. The van der Waals surface area contributed by atoms with Gasteiger partial charge in [0.25, 0.3) is 0 Å². The van der Waals surface area contributed by atoms with E-state index in [9.17, 15) is 4.79 Å². The molecule has 1 aliphatic heterocycles. The fourth-order valence-electron chi connectivity index (χ4n) is 3.35. The van der Waals surface area contributed by atoms with Gasteiger partial charge >= 0.3 is 0 Å². The molecular weight excluding hydrogens is 198 g/mol. The van der Waals surface area contributed by atoms with Crippen molar-refractivity contribution >= 4 is 5.91 Å². The first-order valence-electron chi connectivity index (χ1n) is 6.11. The zero-order chi connectivity index (χ0) is 11.2. The first-order valence-corrected chi connectivity index (χ1v) is 6.11. The zero-order valence-electron chi connectivity index (χ0n) is 9.68. The summed E-state index contributed by atoms with van der Waals surface area (Å²) in [5, 5.41) is 3.00. The van der Waals surface area contributed by atoms with E-state index in [-0.39, 0.29) is 11.3 Å². The SMILES string of the molecule is Cc1cccc2c1CCCC21CCNC1=O. The number of aryl methyl sites for hydroxylation is 1. The zero-order valence-corrected chi connectivity index (χ0v) is 9.68. The lowest BCUT2D eigenvalue weighted by atomic mass is 9.68. The van der Waals surface area contributed by atoms with Crippen LogP contribution in [0.3, 0.4) is 0 Å². The Kier molecular flexibility index (Phi) is 2.06. The predicted octanol–water partition coefficient (Wildman–Crippen LogP) is 2.09. The van der Waals surface area contributed by atoms with Gasteiger partial charge in [0.2, 0.25) is 5.91 Å². The van der Waals surface area contributed by atoms with Gasteiger partial charge in [-0.1, -0.05) is 18.2 Å². The minimum atomic E-state index is -0.195. The van der Waals surface area contributed by atoms with Crippen LogP contribution in [0.15, 0.2) is 18.2 Å². The van der Waals surface area contributed by atoms with Crippen LogP contribution in [0.1, 0.15) is 36.0 Å². The summed E-state index contributed by atoms with van der Waals surface area (Å²) in [7, 11) is 0. The molecule has 3 rings (SSSR count). The van der Waals surface area contributed by atoms with Crippen molar-refractivity contribution in [1.82, 2.24) is 5.32 Å². The van der Waals surface area contributed by atoms with Crippen LogP contribution >= 0.6 is 0 Å². The molecule has 1 amide bonds. The molecule has 1 aromatic rings. The second-order valence-corrected chi connectivity index (χ2v) is 5.04. The van der Waals surface area contributed by atoms with E-state index in [0.717, 1.165) is 32.2 Å². The van der Waals surface area contributed by atoms with Gasteiger partial charge in [0.1, 0.15) is 0 Å². The summed E-state index contributed by atoms with van der Waals surface area (Å²) >= 11 is 0. The first kappa shape index (κ1) is 9.88. The molecule has 1 aliphatic carbocycles. The van der Waals surface area contributed by atoms with Gasteiger partial charge in [0.15, 0.2) is 0 Å². The monoisotopic (exact) mass is 215 g/mol. The number of hydrogen-bond donors (Lipinski definition) is 1. The summed E-state index contributed by atoms with van der Waals surface area (Å²) < 4.78 is 0. The molecule has 84 valence electrons. The lowest BCUT2D eigenvalue weighted by Crippen LogP contribution is -2.38. The van der Waals surface area contributed by atoms with Crippen molar-refractivity contribution in [3.05, 3.63) is 34.9 Å². The standard InChI is InChI=1S/C14H17NO/c1-10-4-2-6-12-11(10)5-3-7-14(12)8-9-15-13(14)16/h2,4,6H,3,5,7-9H2,1H3,(H,15,16). The van der Waals surface area contributed by atoms with Crippen LogP contribution < -0.4 is 5.32 Å². The van der Waals surface area contributed by atoms with Gasteiger partial charge < -0.3 is 5.32 Å². The third-order valence-electron chi connectivity index (χ3n) is 4.23. The Morgan fingerprint density at radius 3 is 2.94 bits per heavy atom. The molecule has 2 aliphatic rings. The Morgan fingerprint density at radius 1 is 1.31 bits per heavy atom. The number of hydrogen-bond acceptors (Lipinski definition) is 1. The Balaban J connectivity index is 2.20. The maximum atomic E-state index is 12.1. The van der Waals surface area contributed by atoms with Crippen LogP contribution in [-0.2, 0) is 16.6 Å². The molecule has 1 fully saturated rings. The number of amides is 1. The molecule has 0 saturated carbocycles. The van der Waals surface area contributed by atoms with Gasteiger partial charge in [-0.15, -0.1) is 0 Å².